The maximum Gasteiger partial charge on any atom is 0.123 e. The fourth-order valence-corrected chi connectivity index (χ4v) is 1.75. The highest BCUT2D eigenvalue weighted by Gasteiger charge is 2.15. The predicted octanol–water partition coefficient (Wildman–Crippen LogP) is 2.53. The van der Waals surface area contributed by atoms with Crippen molar-refractivity contribution in [3.63, 3.8) is 0 Å². The average Bonchev–Trinajstić information content (AvgIpc) is 2.36. The molecule has 0 fully saturated rings. The highest BCUT2D eigenvalue weighted by Crippen LogP contribution is 2.19. The Morgan fingerprint density at radius 2 is 1.94 bits per heavy atom. The first kappa shape index (κ1) is 15.1. The Kier molecular flexibility index (Phi) is 6.86. The van der Waals surface area contributed by atoms with Crippen molar-refractivity contribution in [3.8, 4) is 0 Å². The molecule has 1 aromatic rings. The topological polar surface area (TPSA) is 30.5 Å². The molecular formula is C14H22FNO2. The molecule has 0 aromatic heterocycles. The number of hydrogen-bond donors (Lipinski definition) is 1. The molecule has 1 N–H and O–H groups in total. The minimum absolute atomic E-state index is 0.00343. The van der Waals surface area contributed by atoms with E-state index in [4.69, 9.17) is 9.47 Å². The largest absolute Gasteiger partial charge is 0.382 e. The molecule has 0 aliphatic rings. The van der Waals surface area contributed by atoms with Gasteiger partial charge in [-0.15, -0.1) is 0 Å². The molecule has 3 nitrogen and oxygen atoms in total. The summed E-state index contributed by atoms with van der Waals surface area (Å²) >= 11 is 0. The Hall–Kier alpha value is -0.970. The Balaban J connectivity index is 2.67. The third kappa shape index (κ3) is 5.12. The molecule has 0 aliphatic carbocycles. The Labute approximate surface area is 108 Å². The van der Waals surface area contributed by atoms with Gasteiger partial charge in [-0.3, -0.25) is 0 Å². The van der Waals surface area contributed by atoms with Crippen molar-refractivity contribution in [2.75, 3.05) is 26.8 Å². The van der Waals surface area contributed by atoms with Crippen LogP contribution in [0.2, 0.25) is 0 Å². The summed E-state index contributed by atoms with van der Waals surface area (Å²) < 4.78 is 23.9. The molecule has 0 radical (unpaired) electrons. The zero-order chi connectivity index (χ0) is 13.4. The van der Waals surface area contributed by atoms with Crippen molar-refractivity contribution in [2.45, 2.75) is 26.1 Å². The van der Waals surface area contributed by atoms with E-state index in [-0.39, 0.29) is 18.0 Å². The Bertz CT molecular complexity index is 329. The molecular weight excluding hydrogens is 233 g/mol. The van der Waals surface area contributed by atoms with Crippen LogP contribution in [-0.2, 0) is 9.47 Å². The highest BCUT2D eigenvalue weighted by molar-refractivity contribution is 5.19. The normalized spacial score (nSPS) is 14.4. The van der Waals surface area contributed by atoms with E-state index in [0.29, 0.717) is 13.2 Å². The summed E-state index contributed by atoms with van der Waals surface area (Å²) in [7, 11) is 1.65. The second-order valence-electron chi connectivity index (χ2n) is 4.25. The Morgan fingerprint density at radius 3 is 2.50 bits per heavy atom. The van der Waals surface area contributed by atoms with Crippen LogP contribution in [0.15, 0.2) is 24.3 Å². The number of likely N-dealkylation sites (N-methyl/N-ethyl adjacent to an activating group) is 1. The van der Waals surface area contributed by atoms with Gasteiger partial charge in [0.15, 0.2) is 0 Å². The standard InChI is InChI=1S/C14H22FNO2/c1-4-16-9-14(18-11(2)10-17-3)12-5-7-13(15)8-6-12/h5-8,11,14,16H,4,9-10H2,1-3H3. The van der Waals surface area contributed by atoms with Crippen LogP contribution < -0.4 is 5.32 Å². The summed E-state index contributed by atoms with van der Waals surface area (Å²) in [6.07, 6.45) is -0.0839. The molecule has 102 valence electrons. The zero-order valence-corrected chi connectivity index (χ0v) is 11.3. The Morgan fingerprint density at radius 1 is 1.28 bits per heavy atom. The lowest BCUT2D eigenvalue weighted by molar-refractivity contribution is -0.0392. The monoisotopic (exact) mass is 255 g/mol. The molecule has 0 bridgehead atoms. The highest BCUT2D eigenvalue weighted by atomic mass is 19.1. The van der Waals surface area contributed by atoms with Crippen LogP contribution in [0.3, 0.4) is 0 Å². The number of halogens is 1. The number of nitrogens with one attached hydrogen (secondary N) is 1. The molecule has 0 saturated heterocycles. The van der Waals surface area contributed by atoms with Gasteiger partial charge in [0, 0.05) is 13.7 Å². The summed E-state index contributed by atoms with van der Waals surface area (Å²) in [5.41, 5.74) is 0.973. The first-order chi connectivity index (χ1) is 8.67. The van der Waals surface area contributed by atoms with Gasteiger partial charge in [-0.2, -0.15) is 0 Å². The first-order valence-corrected chi connectivity index (χ1v) is 6.28. The molecule has 2 atom stereocenters. The minimum Gasteiger partial charge on any atom is -0.382 e. The van der Waals surface area contributed by atoms with Gasteiger partial charge in [0.2, 0.25) is 0 Å². The third-order valence-electron chi connectivity index (χ3n) is 2.62. The average molecular weight is 255 g/mol. The zero-order valence-electron chi connectivity index (χ0n) is 11.3. The van der Waals surface area contributed by atoms with Crippen molar-refractivity contribution >= 4 is 0 Å². The third-order valence-corrected chi connectivity index (χ3v) is 2.62. The van der Waals surface area contributed by atoms with Gasteiger partial charge >= 0.3 is 0 Å². The molecule has 0 amide bonds. The second kappa shape index (κ2) is 8.19. The summed E-state index contributed by atoms with van der Waals surface area (Å²) in [4.78, 5) is 0. The number of rotatable bonds is 8. The van der Waals surface area contributed by atoms with Gasteiger partial charge in [0.25, 0.3) is 0 Å². The molecule has 18 heavy (non-hydrogen) atoms. The molecule has 0 spiro atoms. The maximum atomic E-state index is 12.9. The number of ether oxygens (including phenoxy) is 2. The summed E-state index contributed by atoms with van der Waals surface area (Å²) in [5, 5.41) is 3.25. The quantitative estimate of drug-likeness (QED) is 0.774. The SMILES string of the molecule is CCNCC(OC(C)COC)c1ccc(F)cc1. The number of hydrogen-bond acceptors (Lipinski definition) is 3. The van der Waals surface area contributed by atoms with Gasteiger partial charge in [0.05, 0.1) is 18.8 Å². The van der Waals surface area contributed by atoms with Crippen molar-refractivity contribution in [1.82, 2.24) is 5.32 Å². The van der Waals surface area contributed by atoms with Crippen molar-refractivity contribution in [3.05, 3.63) is 35.6 Å². The van der Waals surface area contributed by atoms with Crippen LogP contribution in [-0.4, -0.2) is 32.9 Å². The second-order valence-corrected chi connectivity index (χ2v) is 4.25. The minimum atomic E-state index is -0.231. The smallest absolute Gasteiger partial charge is 0.123 e. The van der Waals surface area contributed by atoms with Crippen LogP contribution >= 0.6 is 0 Å². The van der Waals surface area contributed by atoms with E-state index < -0.39 is 0 Å². The van der Waals surface area contributed by atoms with E-state index in [1.54, 1.807) is 19.2 Å². The number of benzene rings is 1. The van der Waals surface area contributed by atoms with E-state index in [2.05, 4.69) is 5.32 Å². The van der Waals surface area contributed by atoms with Gasteiger partial charge in [-0.05, 0) is 31.2 Å². The molecule has 4 heteroatoms. The van der Waals surface area contributed by atoms with Crippen LogP contribution in [0.5, 0.6) is 0 Å². The molecule has 0 saturated carbocycles. The van der Waals surface area contributed by atoms with Crippen LogP contribution in [0.25, 0.3) is 0 Å². The van der Waals surface area contributed by atoms with E-state index in [0.717, 1.165) is 12.1 Å². The van der Waals surface area contributed by atoms with E-state index in [1.807, 2.05) is 13.8 Å². The number of methoxy groups -OCH3 is 1. The van der Waals surface area contributed by atoms with Crippen LogP contribution in [0.4, 0.5) is 4.39 Å². The van der Waals surface area contributed by atoms with Crippen LogP contribution in [0.1, 0.15) is 25.5 Å². The van der Waals surface area contributed by atoms with E-state index in [9.17, 15) is 4.39 Å². The lowest BCUT2D eigenvalue weighted by Crippen LogP contribution is -2.27. The molecule has 1 rings (SSSR count). The maximum absolute atomic E-state index is 12.9. The first-order valence-electron chi connectivity index (χ1n) is 6.28. The fourth-order valence-electron chi connectivity index (χ4n) is 1.75. The molecule has 0 heterocycles. The van der Waals surface area contributed by atoms with Crippen molar-refractivity contribution < 1.29 is 13.9 Å². The molecule has 0 aliphatic heterocycles. The van der Waals surface area contributed by atoms with Crippen LogP contribution in [0, 0.1) is 5.82 Å². The predicted molar refractivity (Wildman–Crippen MR) is 70.1 cm³/mol. The van der Waals surface area contributed by atoms with Gasteiger partial charge in [-0.1, -0.05) is 19.1 Å². The van der Waals surface area contributed by atoms with Crippen molar-refractivity contribution in [1.29, 1.82) is 0 Å². The summed E-state index contributed by atoms with van der Waals surface area (Å²) in [6.45, 7) is 6.13. The van der Waals surface area contributed by atoms with Gasteiger partial charge in [0.1, 0.15) is 5.82 Å². The lowest BCUT2D eigenvalue weighted by Gasteiger charge is -2.23. The summed E-state index contributed by atoms with van der Waals surface area (Å²) in [6, 6.07) is 6.44. The van der Waals surface area contributed by atoms with Gasteiger partial charge < -0.3 is 14.8 Å². The summed E-state index contributed by atoms with van der Waals surface area (Å²) in [5.74, 6) is -0.231. The van der Waals surface area contributed by atoms with Gasteiger partial charge in [-0.25, -0.2) is 4.39 Å². The molecule has 2 unspecified atom stereocenters. The van der Waals surface area contributed by atoms with E-state index in [1.165, 1.54) is 12.1 Å². The van der Waals surface area contributed by atoms with Crippen molar-refractivity contribution in [2.24, 2.45) is 0 Å². The lowest BCUT2D eigenvalue weighted by atomic mass is 10.1. The fraction of sp³-hybridized carbons (Fsp3) is 0.571. The van der Waals surface area contributed by atoms with E-state index >= 15 is 0 Å². The molecule has 1 aromatic carbocycles.